The first-order chi connectivity index (χ1) is 24.9. The number of hydrogen-bond acceptors (Lipinski definition) is 5. The van der Waals surface area contributed by atoms with Gasteiger partial charge < -0.3 is 9.30 Å². The molecule has 3 aromatic carbocycles. The van der Waals surface area contributed by atoms with E-state index in [0.29, 0.717) is 15.7 Å². The minimum Gasteiger partial charge on any atom is -0.514 e. The Morgan fingerprint density at radius 1 is 0.778 bits per heavy atom. The number of aryl methyl sites for hydroxylation is 2. The molecule has 0 radical (unpaired) electrons. The normalized spacial score (nSPS) is 17.6. The van der Waals surface area contributed by atoms with Crippen molar-refractivity contribution in [3.8, 4) is 5.82 Å². The van der Waals surface area contributed by atoms with Crippen molar-refractivity contribution in [2.45, 2.75) is 121 Å². The molecule has 3 atom stereocenters. The third-order valence-electron chi connectivity index (χ3n) is 10.8. The summed E-state index contributed by atoms with van der Waals surface area (Å²) >= 11 is 0. The van der Waals surface area contributed by atoms with Crippen molar-refractivity contribution < 1.29 is 30.0 Å². The molecule has 8 rings (SSSR count). The molecule has 1 aliphatic heterocycles. The fourth-order valence-corrected chi connectivity index (χ4v) is 8.73. The van der Waals surface area contributed by atoms with E-state index in [1.807, 2.05) is 32.3 Å². The van der Waals surface area contributed by atoms with Gasteiger partial charge in [0.15, 0.2) is 0 Å². The molecule has 0 saturated heterocycles. The number of nitrogens with zero attached hydrogens (tertiary/aromatic N) is 4. The van der Waals surface area contributed by atoms with Crippen LogP contribution in [0.5, 0.6) is 0 Å². The Morgan fingerprint density at radius 2 is 1.48 bits per heavy atom. The van der Waals surface area contributed by atoms with Crippen molar-refractivity contribution in [1.82, 2.24) is 14.5 Å². The topological polar surface area (TPSA) is 69.4 Å². The quantitative estimate of drug-likeness (QED) is 0.165. The van der Waals surface area contributed by atoms with Crippen LogP contribution < -0.4 is 0 Å². The van der Waals surface area contributed by atoms with Crippen LogP contribution in [0.1, 0.15) is 113 Å². The molecule has 6 aromatic rings. The van der Waals surface area contributed by atoms with Gasteiger partial charge in [0, 0.05) is 35.1 Å². The van der Waals surface area contributed by atoms with Crippen LogP contribution in [0, 0.1) is 26.0 Å². The number of benzene rings is 3. The number of rotatable bonds is 4. The molecule has 1 aliphatic carbocycles. The van der Waals surface area contributed by atoms with Crippen molar-refractivity contribution in [2.24, 2.45) is 4.99 Å². The van der Waals surface area contributed by atoms with Gasteiger partial charge in [-0.15, -0.1) is 34.7 Å². The molecule has 0 spiro atoms. The summed E-state index contributed by atoms with van der Waals surface area (Å²) in [5.41, 5.74) is 10.3. The second-order valence-electron chi connectivity index (χ2n) is 17.9. The van der Waals surface area contributed by atoms with Crippen molar-refractivity contribution in [2.75, 3.05) is 0 Å². The molecule has 3 aromatic heterocycles. The Labute approximate surface area is 336 Å². The molecule has 8 heteroatoms. The Kier molecular flexibility index (Phi) is 9.50. The number of pyridine rings is 2. The minimum absolute atomic E-state index is 0. The monoisotopic (exact) mass is 915 g/mol. The van der Waals surface area contributed by atoms with E-state index in [2.05, 4.69) is 128 Å². The molecule has 0 saturated carbocycles. The second kappa shape index (κ2) is 13.4. The maximum Gasteiger partial charge on any atom is 2.00 e. The third kappa shape index (κ3) is 6.60. The summed E-state index contributed by atoms with van der Waals surface area (Å²) in [4.78, 5) is 16.0. The van der Waals surface area contributed by atoms with Gasteiger partial charge in [-0.05, 0) is 67.0 Å². The third-order valence-corrected chi connectivity index (χ3v) is 12.3. The fourth-order valence-electron chi connectivity index (χ4n) is 7.58. The van der Waals surface area contributed by atoms with Crippen LogP contribution >= 0.6 is 0 Å². The number of aliphatic imine (C=N–C) groups is 1. The second-order valence-corrected chi connectivity index (χ2v) is 19.3. The Balaban J connectivity index is 0.00000450. The number of fused-ring (bicyclic) bond motifs is 6. The van der Waals surface area contributed by atoms with Crippen molar-refractivity contribution in [3.63, 3.8) is 0 Å². The number of ether oxygens (including phenoxy) is 1. The average molecular weight is 916 g/mol. The zero-order valence-corrected chi connectivity index (χ0v) is 36.1. The average Bonchev–Trinajstić information content (AvgIpc) is 3.75. The molecule has 4 heterocycles. The van der Waals surface area contributed by atoms with Gasteiger partial charge in [0.05, 0.1) is 5.69 Å². The van der Waals surface area contributed by atoms with Gasteiger partial charge in [-0.3, -0.25) is 14.2 Å². The Morgan fingerprint density at radius 3 is 2.19 bits per heavy atom. The first-order valence-corrected chi connectivity index (χ1v) is 19.7. The van der Waals surface area contributed by atoms with Gasteiger partial charge in [-0.25, -0.2) is 4.98 Å². The summed E-state index contributed by atoms with van der Waals surface area (Å²) in [7, 11) is -1.58. The summed E-state index contributed by atoms with van der Waals surface area (Å²) in [6.07, 6.45) is 4.52. The summed E-state index contributed by atoms with van der Waals surface area (Å²) in [5.74, 6) is 1.36. The van der Waals surface area contributed by atoms with E-state index in [-0.39, 0.29) is 49.5 Å². The molecule has 0 bridgehead atoms. The molecule has 54 heavy (non-hydrogen) atoms. The van der Waals surface area contributed by atoms with E-state index >= 15 is 0 Å². The Bertz CT molecular complexity index is 2530. The molecule has 0 amide bonds. The minimum atomic E-state index is -1.58. The Hall–Kier alpha value is -3.93. The van der Waals surface area contributed by atoms with Gasteiger partial charge >= 0.3 is 21.1 Å². The standard InChI is InChI=1S/C46H48N4O2S.Pt/c1-26-18-27(2)39(24-34(26)43-49-42-38(52-43)20-28-19-31(46(9,10)11)25-48-41(28)42)53(51)32-13-14-33-35-21-29(44(3,4)5)12-15-36(35)50(37(33)23-32)40-22-30(16-17-47-40)45(6,7)8;/h12-19,21-22,25,38,42H,20H2,1-11H3;/q-2;+2/t38-,42-,53?;/m0./s1. The molecule has 2 aliphatic rings. The van der Waals surface area contributed by atoms with Crippen LogP contribution in [-0.2, 0) is 59.3 Å². The first kappa shape index (κ1) is 38.3. The van der Waals surface area contributed by atoms with Crippen molar-refractivity contribution in [1.29, 1.82) is 0 Å². The fraction of sp³-hybridized carbons (Fsp3) is 0.370. The molecule has 0 fully saturated rings. The van der Waals surface area contributed by atoms with E-state index in [9.17, 15) is 4.21 Å². The van der Waals surface area contributed by atoms with Crippen molar-refractivity contribution >= 4 is 38.5 Å². The van der Waals surface area contributed by atoms with E-state index in [0.717, 1.165) is 56.4 Å². The van der Waals surface area contributed by atoms with Gasteiger partial charge in [0.25, 0.3) is 0 Å². The predicted molar refractivity (Wildman–Crippen MR) is 215 cm³/mol. The van der Waals surface area contributed by atoms with Crippen molar-refractivity contribution in [3.05, 3.63) is 124 Å². The van der Waals surface area contributed by atoms with Gasteiger partial charge in [-0.1, -0.05) is 110 Å². The van der Waals surface area contributed by atoms with Gasteiger partial charge in [0.1, 0.15) is 23.9 Å². The molecule has 0 N–H and O–H groups in total. The smallest absolute Gasteiger partial charge is 0.514 e. The summed E-state index contributed by atoms with van der Waals surface area (Å²) in [5, 5.41) is 2.17. The zero-order valence-electron chi connectivity index (χ0n) is 33.0. The van der Waals surface area contributed by atoms with E-state index in [1.54, 1.807) is 0 Å². The predicted octanol–water partition coefficient (Wildman–Crippen LogP) is 10.3. The van der Waals surface area contributed by atoms with Crippen LogP contribution in [0.3, 0.4) is 0 Å². The molecule has 6 nitrogen and oxygen atoms in total. The van der Waals surface area contributed by atoms with Gasteiger partial charge in [-0.2, -0.15) is 12.1 Å². The SMILES string of the molecule is Cc1cc(C)c(S(=O)c2[c-]c3c(cc2)c2cc(C(C)(C)C)ccc2n3-c2cc(C(C)(C)C)ccn2)[c-]c1C1=N[C@@H]2c3ncc(C(C)(C)C)cc3C[C@@H]2O1.[Pt+2]. The van der Waals surface area contributed by atoms with Gasteiger partial charge in [0.2, 0.25) is 0 Å². The van der Waals surface area contributed by atoms with E-state index in [1.165, 1.54) is 22.3 Å². The zero-order chi connectivity index (χ0) is 37.8. The number of hydrogen-bond donors (Lipinski definition) is 0. The largest absolute Gasteiger partial charge is 2.00 e. The van der Waals surface area contributed by atoms with E-state index < -0.39 is 10.8 Å². The van der Waals surface area contributed by atoms with Crippen LogP contribution in [0.2, 0.25) is 0 Å². The summed E-state index contributed by atoms with van der Waals surface area (Å²) in [6.45, 7) is 24.0. The molecule has 1 unspecified atom stereocenters. The maximum absolute atomic E-state index is 14.6. The maximum atomic E-state index is 14.6. The molecule has 280 valence electrons. The van der Waals surface area contributed by atoms with E-state index in [4.69, 9.17) is 19.7 Å². The van der Waals surface area contributed by atoms with Crippen LogP contribution in [-0.4, -0.2) is 30.7 Å². The van der Waals surface area contributed by atoms with Crippen LogP contribution in [0.4, 0.5) is 0 Å². The van der Waals surface area contributed by atoms with Crippen LogP contribution in [0.15, 0.2) is 81.8 Å². The molecular weight excluding hydrogens is 868 g/mol. The summed E-state index contributed by atoms with van der Waals surface area (Å²) < 4.78 is 23.3. The summed E-state index contributed by atoms with van der Waals surface area (Å²) in [6, 6.07) is 26.3. The first-order valence-electron chi connectivity index (χ1n) is 18.6. The van der Waals surface area contributed by atoms with Crippen LogP contribution in [0.25, 0.3) is 27.6 Å². The number of aromatic nitrogens is 3. The molecular formula is C46H48N4O2PtS.